The summed E-state index contributed by atoms with van der Waals surface area (Å²) in [5.41, 5.74) is 5.49. The van der Waals surface area contributed by atoms with Gasteiger partial charge in [0.05, 0.1) is 0 Å². The molecule has 0 aromatic carbocycles. The summed E-state index contributed by atoms with van der Waals surface area (Å²) >= 11 is 0. The fourth-order valence-corrected chi connectivity index (χ4v) is 1.50. The number of carboxylic acid groups (broad SMARTS) is 1. The van der Waals surface area contributed by atoms with Gasteiger partial charge in [0.2, 0.25) is 5.95 Å². The van der Waals surface area contributed by atoms with Gasteiger partial charge in [-0.15, -0.1) is 0 Å². The molecule has 0 aliphatic rings. The molecule has 0 saturated carbocycles. The number of carboxylic acids is 1. The first-order valence-corrected chi connectivity index (χ1v) is 5.02. The van der Waals surface area contributed by atoms with Gasteiger partial charge in [-0.05, 0) is 6.42 Å². The zero-order chi connectivity index (χ0) is 12.4. The summed E-state index contributed by atoms with van der Waals surface area (Å²) in [7, 11) is 0. The molecule has 0 atom stereocenters. The average molecular weight is 237 g/mol. The van der Waals surface area contributed by atoms with Crippen LogP contribution >= 0.6 is 0 Å². The van der Waals surface area contributed by atoms with Crippen LogP contribution in [0.5, 0.6) is 0 Å². The second-order valence-corrected chi connectivity index (χ2v) is 3.58. The van der Waals surface area contributed by atoms with Crippen molar-refractivity contribution in [2.45, 2.75) is 19.3 Å². The van der Waals surface area contributed by atoms with Gasteiger partial charge >= 0.3 is 5.97 Å². The number of nitrogens with one attached hydrogen (secondary N) is 2. The minimum absolute atomic E-state index is 0.00564. The van der Waals surface area contributed by atoms with Crippen molar-refractivity contribution in [2.24, 2.45) is 0 Å². The normalized spacial score (nSPS) is 10.8. The van der Waals surface area contributed by atoms with E-state index in [0.717, 1.165) is 0 Å². The van der Waals surface area contributed by atoms with E-state index >= 15 is 0 Å². The Bertz CT molecular complexity index is 615. The molecule has 8 nitrogen and oxygen atoms in total. The third-order valence-electron chi connectivity index (χ3n) is 2.23. The monoisotopic (exact) mass is 237 g/mol. The molecule has 0 fully saturated rings. The van der Waals surface area contributed by atoms with Crippen molar-refractivity contribution in [3.8, 4) is 0 Å². The van der Waals surface area contributed by atoms with Gasteiger partial charge in [-0.3, -0.25) is 14.6 Å². The van der Waals surface area contributed by atoms with Crippen LogP contribution in [0.25, 0.3) is 11.2 Å². The third kappa shape index (κ3) is 2.41. The summed E-state index contributed by atoms with van der Waals surface area (Å²) in [4.78, 5) is 34.9. The lowest BCUT2D eigenvalue weighted by Gasteiger charge is -1.92. The molecule has 0 aliphatic carbocycles. The lowest BCUT2D eigenvalue weighted by atomic mass is 10.2. The molecular weight excluding hydrogens is 226 g/mol. The lowest BCUT2D eigenvalue weighted by molar-refractivity contribution is -0.137. The van der Waals surface area contributed by atoms with E-state index in [9.17, 15) is 9.59 Å². The molecule has 0 spiro atoms. The van der Waals surface area contributed by atoms with Crippen molar-refractivity contribution in [1.29, 1.82) is 0 Å². The van der Waals surface area contributed by atoms with Gasteiger partial charge in [0, 0.05) is 12.8 Å². The van der Waals surface area contributed by atoms with E-state index < -0.39 is 5.97 Å². The van der Waals surface area contributed by atoms with E-state index in [1.54, 1.807) is 0 Å². The van der Waals surface area contributed by atoms with Crippen molar-refractivity contribution in [3.63, 3.8) is 0 Å². The molecular formula is C9H11N5O3. The number of anilines is 1. The fraction of sp³-hybridized carbons (Fsp3) is 0.333. The standard InChI is InChI=1S/C9H11N5O3/c10-9-13-7-6(8(17)14-9)11-4(12-7)2-1-3-5(15)16/h1-3H2,(H,15,16)(H4,10,11,12,13,14,17). The van der Waals surface area contributed by atoms with Gasteiger partial charge in [0.25, 0.3) is 5.56 Å². The Balaban J connectivity index is 2.23. The van der Waals surface area contributed by atoms with E-state index in [0.29, 0.717) is 18.7 Å². The number of hydrogen-bond donors (Lipinski definition) is 4. The molecule has 2 aromatic rings. The highest BCUT2D eigenvalue weighted by atomic mass is 16.4. The molecule has 0 amide bonds. The summed E-state index contributed by atoms with van der Waals surface area (Å²) in [6.07, 6.45) is 0.952. The smallest absolute Gasteiger partial charge is 0.303 e. The van der Waals surface area contributed by atoms with Gasteiger partial charge in [-0.25, -0.2) is 4.98 Å². The molecule has 90 valence electrons. The Morgan fingerprint density at radius 1 is 1.35 bits per heavy atom. The lowest BCUT2D eigenvalue weighted by Crippen LogP contribution is -2.10. The minimum atomic E-state index is -0.860. The van der Waals surface area contributed by atoms with Gasteiger partial charge < -0.3 is 15.8 Å². The van der Waals surface area contributed by atoms with E-state index in [-0.39, 0.29) is 29.1 Å². The van der Waals surface area contributed by atoms with Gasteiger partial charge in [-0.2, -0.15) is 4.98 Å². The van der Waals surface area contributed by atoms with Crippen molar-refractivity contribution in [2.75, 3.05) is 5.73 Å². The molecule has 5 N–H and O–H groups in total. The third-order valence-corrected chi connectivity index (χ3v) is 2.23. The first-order valence-electron chi connectivity index (χ1n) is 5.02. The topological polar surface area (TPSA) is 138 Å². The molecule has 0 unspecified atom stereocenters. The van der Waals surface area contributed by atoms with Crippen molar-refractivity contribution in [1.82, 2.24) is 19.9 Å². The number of aromatic amines is 2. The number of nitrogens with zero attached hydrogens (tertiary/aromatic N) is 2. The van der Waals surface area contributed by atoms with Crippen molar-refractivity contribution < 1.29 is 9.90 Å². The summed E-state index contributed by atoms with van der Waals surface area (Å²) in [6.45, 7) is 0. The molecule has 0 radical (unpaired) electrons. The predicted molar refractivity (Wildman–Crippen MR) is 59.5 cm³/mol. The largest absolute Gasteiger partial charge is 0.481 e. The number of nitrogens with two attached hydrogens (primary N) is 1. The molecule has 0 saturated heterocycles. The summed E-state index contributed by atoms with van der Waals surface area (Å²) in [5, 5.41) is 8.50. The average Bonchev–Trinajstić information content (AvgIpc) is 2.60. The van der Waals surface area contributed by atoms with Crippen molar-refractivity contribution in [3.05, 3.63) is 16.2 Å². The zero-order valence-electron chi connectivity index (χ0n) is 8.86. The van der Waals surface area contributed by atoms with Crippen LogP contribution in [0.4, 0.5) is 5.95 Å². The Labute approximate surface area is 94.9 Å². The molecule has 17 heavy (non-hydrogen) atoms. The van der Waals surface area contributed by atoms with Crippen LogP contribution in [-0.2, 0) is 11.2 Å². The molecule has 2 heterocycles. The highest BCUT2D eigenvalue weighted by Gasteiger charge is 2.08. The van der Waals surface area contributed by atoms with Crippen LogP contribution in [0, 0.1) is 0 Å². The number of H-pyrrole nitrogens is 2. The first-order chi connectivity index (χ1) is 8.06. The zero-order valence-corrected chi connectivity index (χ0v) is 8.86. The van der Waals surface area contributed by atoms with E-state index in [1.807, 2.05) is 0 Å². The van der Waals surface area contributed by atoms with Gasteiger partial charge in [0.1, 0.15) is 5.82 Å². The summed E-state index contributed by atoms with van der Waals surface area (Å²) in [6, 6.07) is 0. The van der Waals surface area contributed by atoms with Crippen molar-refractivity contribution >= 4 is 23.1 Å². The van der Waals surface area contributed by atoms with Crippen LogP contribution in [-0.4, -0.2) is 31.0 Å². The number of hydrogen-bond acceptors (Lipinski definition) is 5. The summed E-state index contributed by atoms with van der Waals surface area (Å²) < 4.78 is 0. The van der Waals surface area contributed by atoms with E-state index in [1.165, 1.54) is 0 Å². The van der Waals surface area contributed by atoms with E-state index in [4.69, 9.17) is 10.8 Å². The number of aromatic nitrogens is 4. The molecule has 2 rings (SSSR count). The Morgan fingerprint density at radius 3 is 2.82 bits per heavy atom. The Hall–Kier alpha value is -2.38. The van der Waals surface area contributed by atoms with Crippen LogP contribution in [0.15, 0.2) is 4.79 Å². The SMILES string of the molecule is Nc1nc2nc(CCCC(=O)O)[nH]c2c(=O)[nH]1. The van der Waals surface area contributed by atoms with Gasteiger partial charge in [0.15, 0.2) is 11.2 Å². The highest BCUT2D eigenvalue weighted by molar-refractivity contribution is 5.70. The first kappa shape index (κ1) is 11.1. The van der Waals surface area contributed by atoms with Crippen LogP contribution in [0.2, 0.25) is 0 Å². The number of aryl methyl sites for hydroxylation is 1. The molecule has 0 bridgehead atoms. The minimum Gasteiger partial charge on any atom is -0.481 e. The Kier molecular flexibility index (Phi) is 2.77. The van der Waals surface area contributed by atoms with Crippen LogP contribution in [0.1, 0.15) is 18.7 Å². The number of aliphatic carboxylic acids is 1. The number of carbonyl (C=O) groups is 1. The second kappa shape index (κ2) is 4.24. The molecule has 2 aromatic heterocycles. The summed E-state index contributed by atoms with van der Waals surface area (Å²) in [5.74, 6) is -0.322. The number of imidazole rings is 1. The predicted octanol–water partition coefficient (Wildman–Crippen LogP) is -0.364. The van der Waals surface area contributed by atoms with Gasteiger partial charge in [-0.1, -0.05) is 0 Å². The van der Waals surface area contributed by atoms with Crippen LogP contribution in [0.3, 0.4) is 0 Å². The number of nitrogen functional groups attached to an aromatic ring is 1. The maximum absolute atomic E-state index is 11.5. The maximum atomic E-state index is 11.5. The molecule has 8 heteroatoms. The second-order valence-electron chi connectivity index (χ2n) is 3.58. The number of fused-ring (bicyclic) bond motifs is 1. The van der Waals surface area contributed by atoms with E-state index in [2.05, 4.69) is 19.9 Å². The van der Waals surface area contributed by atoms with Crippen LogP contribution < -0.4 is 11.3 Å². The fourth-order valence-electron chi connectivity index (χ4n) is 1.50. The highest BCUT2D eigenvalue weighted by Crippen LogP contribution is 2.07. The quantitative estimate of drug-likeness (QED) is 0.572. The Morgan fingerprint density at radius 2 is 2.12 bits per heavy atom. The maximum Gasteiger partial charge on any atom is 0.303 e. The number of rotatable bonds is 4. The molecule has 0 aliphatic heterocycles.